The van der Waals surface area contributed by atoms with Gasteiger partial charge in [-0.1, -0.05) is 6.42 Å². The largest absolute Gasteiger partial charge is 0.329 e. The monoisotopic (exact) mass is 379 g/mol. The molecule has 0 spiro atoms. The molecule has 136 valence electrons. The quantitative estimate of drug-likeness (QED) is 0.769. The van der Waals surface area contributed by atoms with Crippen LogP contribution in [0, 0.1) is 5.82 Å². The van der Waals surface area contributed by atoms with Gasteiger partial charge in [0.05, 0.1) is 16.3 Å². The van der Waals surface area contributed by atoms with Crippen molar-refractivity contribution in [2.24, 2.45) is 5.73 Å². The van der Waals surface area contributed by atoms with Crippen LogP contribution in [0.5, 0.6) is 0 Å². The van der Waals surface area contributed by atoms with E-state index in [1.54, 1.807) is 0 Å². The highest BCUT2D eigenvalue weighted by molar-refractivity contribution is 7.92. The second-order valence-electron chi connectivity index (χ2n) is 5.65. The van der Waals surface area contributed by atoms with Crippen molar-refractivity contribution in [1.82, 2.24) is 4.31 Å². The van der Waals surface area contributed by atoms with Gasteiger partial charge in [-0.2, -0.15) is 4.31 Å². The number of nitrogens with one attached hydrogen (secondary N) is 1. The molecule has 0 aliphatic carbocycles. The molecule has 1 atom stereocenters. The third-order valence-electron chi connectivity index (χ3n) is 4.04. The summed E-state index contributed by atoms with van der Waals surface area (Å²) in [6.45, 7) is 1.97. The number of nitrogens with two attached hydrogens (primary N) is 1. The maximum atomic E-state index is 14.2. The average Bonchev–Trinajstić information content (AvgIpc) is 2.56. The molecule has 1 fully saturated rings. The molecule has 1 saturated heterocycles. The number of rotatable bonds is 6. The minimum Gasteiger partial charge on any atom is -0.329 e. The summed E-state index contributed by atoms with van der Waals surface area (Å²) >= 11 is 0. The Hall–Kier alpha value is -1.23. The summed E-state index contributed by atoms with van der Waals surface area (Å²) in [7, 11) is -7.52. The molecule has 24 heavy (non-hydrogen) atoms. The van der Waals surface area contributed by atoms with Crippen LogP contribution in [0.3, 0.4) is 0 Å². The first-order valence-corrected chi connectivity index (χ1v) is 10.8. The van der Waals surface area contributed by atoms with Crippen molar-refractivity contribution < 1.29 is 21.2 Å². The topological polar surface area (TPSA) is 110 Å². The zero-order valence-corrected chi connectivity index (χ0v) is 15.0. The molecule has 0 aromatic heterocycles. The summed E-state index contributed by atoms with van der Waals surface area (Å²) in [6.07, 6.45) is 2.30. The van der Waals surface area contributed by atoms with Gasteiger partial charge in [0.25, 0.3) is 0 Å². The summed E-state index contributed by atoms with van der Waals surface area (Å²) in [5, 5.41) is 0. The van der Waals surface area contributed by atoms with Gasteiger partial charge in [-0.05, 0) is 38.0 Å². The maximum absolute atomic E-state index is 14.2. The highest BCUT2D eigenvalue weighted by Crippen LogP contribution is 2.27. The van der Waals surface area contributed by atoms with Crippen LogP contribution >= 0.6 is 0 Å². The predicted octanol–water partition coefficient (Wildman–Crippen LogP) is 1.09. The Labute approximate surface area is 142 Å². The van der Waals surface area contributed by atoms with Crippen molar-refractivity contribution in [1.29, 1.82) is 0 Å². The van der Waals surface area contributed by atoms with Crippen molar-refractivity contribution in [2.45, 2.75) is 37.1 Å². The van der Waals surface area contributed by atoms with E-state index in [-0.39, 0.29) is 28.9 Å². The van der Waals surface area contributed by atoms with E-state index in [1.165, 1.54) is 17.3 Å². The van der Waals surface area contributed by atoms with Gasteiger partial charge in [0.2, 0.25) is 20.0 Å². The van der Waals surface area contributed by atoms with Gasteiger partial charge in [0.1, 0.15) is 5.82 Å². The van der Waals surface area contributed by atoms with Crippen LogP contribution in [0.4, 0.5) is 10.1 Å². The van der Waals surface area contributed by atoms with Gasteiger partial charge in [0.15, 0.2) is 0 Å². The summed E-state index contributed by atoms with van der Waals surface area (Å²) in [5.74, 6) is -1.15. The van der Waals surface area contributed by atoms with Crippen LogP contribution in [0.2, 0.25) is 0 Å². The van der Waals surface area contributed by atoms with Gasteiger partial charge in [0, 0.05) is 19.1 Å². The molecule has 0 saturated carbocycles. The number of piperidine rings is 1. The molecule has 1 aliphatic heterocycles. The van der Waals surface area contributed by atoms with Gasteiger partial charge in [-0.25, -0.2) is 21.2 Å². The Bertz CT molecular complexity index is 796. The number of hydrogen-bond donors (Lipinski definition) is 2. The van der Waals surface area contributed by atoms with E-state index in [2.05, 4.69) is 4.72 Å². The second kappa shape index (κ2) is 7.34. The summed E-state index contributed by atoms with van der Waals surface area (Å²) in [6, 6.07) is 2.86. The van der Waals surface area contributed by atoms with Crippen molar-refractivity contribution in [3.05, 3.63) is 24.0 Å². The van der Waals surface area contributed by atoms with Crippen LogP contribution in [0.25, 0.3) is 0 Å². The van der Waals surface area contributed by atoms with Crippen LogP contribution in [0.1, 0.15) is 26.2 Å². The molecule has 1 aliphatic rings. The SMILES string of the molecule is CCS(=O)(=O)Nc1ccc(S(=O)(=O)N2CCCCC2CN)cc1F. The molecule has 0 bridgehead atoms. The molecule has 2 rings (SSSR count). The molecule has 1 aromatic rings. The Morgan fingerprint density at radius 2 is 2.00 bits per heavy atom. The van der Waals surface area contributed by atoms with E-state index in [1.807, 2.05) is 0 Å². The standard InChI is InChI=1S/C14H22FN3O4S2/c1-2-23(19,20)17-14-7-6-12(9-13(14)15)24(21,22)18-8-4-3-5-11(18)10-16/h6-7,9,11,17H,2-5,8,10,16H2,1H3. The zero-order valence-electron chi connectivity index (χ0n) is 13.4. The van der Waals surface area contributed by atoms with Crippen LogP contribution in [-0.2, 0) is 20.0 Å². The van der Waals surface area contributed by atoms with E-state index >= 15 is 0 Å². The second-order valence-corrected chi connectivity index (χ2v) is 9.55. The maximum Gasteiger partial charge on any atom is 0.243 e. The minimum absolute atomic E-state index is 0.204. The summed E-state index contributed by atoms with van der Waals surface area (Å²) < 4.78 is 66.0. The first-order valence-electron chi connectivity index (χ1n) is 7.73. The summed E-state index contributed by atoms with van der Waals surface area (Å²) in [4.78, 5) is -0.209. The van der Waals surface area contributed by atoms with E-state index < -0.39 is 25.9 Å². The minimum atomic E-state index is -3.88. The van der Waals surface area contributed by atoms with Crippen molar-refractivity contribution in [3.63, 3.8) is 0 Å². The predicted molar refractivity (Wildman–Crippen MR) is 90.1 cm³/mol. The van der Waals surface area contributed by atoms with Gasteiger partial charge in [-0.3, -0.25) is 4.72 Å². The van der Waals surface area contributed by atoms with E-state index in [0.717, 1.165) is 25.0 Å². The van der Waals surface area contributed by atoms with Crippen molar-refractivity contribution in [2.75, 3.05) is 23.6 Å². The van der Waals surface area contributed by atoms with Crippen LogP contribution in [0.15, 0.2) is 23.1 Å². The normalized spacial score (nSPS) is 20.0. The van der Waals surface area contributed by atoms with Gasteiger partial charge < -0.3 is 5.73 Å². The molecule has 1 unspecified atom stereocenters. The fourth-order valence-electron chi connectivity index (χ4n) is 2.64. The number of anilines is 1. The number of hydrogen-bond acceptors (Lipinski definition) is 5. The molecular formula is C14H22FN3O4S2. The van der Waals surface area contributed by atoms with E-state index in [0.29, 0.717) is 13.0 Å². The number of benzene rings is 1. The Kier molecular flexibility index (Phi) is 5.84. The lowest BCUT2D eigenvalue weighted by atomic mass is 10.1. The molecule has 0 radical (unpaired) electrons. The third kappa shape index (κ3) is 4.05. The molecule has 1 aromatic carbocycles. The van der Waals surface area contributed by atoms with E-state index in [4.69, 9.17) is 5.73 Å². The molecule has 0 amide bonds. The van der Waals surface area contributed by atoms with Crippen LogP contribution < -0.4 is 10.5 Å². The van der Waals surface area contributed by atoms with Crippen LogP contribution in [-0.4, -0.2) is 46.0 Å². The fraction of sp³-hybridized carbons (Fsp3) is 0.571. The Balaban J connectivity index is 2.33. The molecule has 3 N–H and O–H groups in total. The third-order valence-corrected chi connectivity index (χ3v) is 7.28. The Morgan fingerprint density at radius 3 is 2.58 bits per heavy atom. The zero-order chi connectivity index (χ0) is 18.0. The fourth-order valence-corrected chi connectivity index (χ4v) is 5.00. The van der Waals surface area contributed by atoms with Crippen molar-refractivity contribution >= 4 is 25.7 Å². The summed E-state index contributed by atoms with van der Waals surface area (Å²) in [5.41, 5.74) is 5.38. The first-order chi connectivity index (χ1) is 11.2. The Morgan fingerprint density at radius 1 is 1.29 bits per heavy atom. The lowest BCUT2D eigenvalue weighted by molar-refractivity contribution is 0.257. The number of sulfonamides is 2. The lowest BCUT2D eigenvalue weighted by Gasteiger charge is -2.33. The van der Waals surface area contributed by atoms with Crippen molar-refractivity contribution in [3.8, 4) is 0 Å². The first kappa shape index (κ1) is 19.1. The highest BCUT2D eigenvalue weighted by Gasteiger charge is 2.33. The molecule has 10 heteroatoms. The average molecular weight is 379 g/mol. The highest BCUT2D eigenvalue weighted by atomic mass is 32.2. The molecule has 7 nitrogen and oxygen atoms in total. The van der Waals surface area contributed by atoms with Gasteiger partial charge >= 0.3 is 0 Å². The molecular weight excluding hydrogens is 357 g/mol. The molecule has 1 heterocycles. The number of nitrogens with zero attached hydrogens (tertiary/aromatic N) is 1. The lowest BCUT2D eigenvalue weighted by Crippen LogP contribution is -2.47. The van der Waals surface area contributed by atoms with Gasteiger partial charge in [-0.15, -0.1) is 0 Å². The smallest absolute Gasteiger partial charge is 0.243 e. The van der Waals surface area contributed by atoms with E-state index in [9.17, 15) is 21.2 Å². The number of halogens is 1.